The predicted octanol–water partition coefficient (Wildman–Crippen LogP) is -0.785. The highest BCUT2D eigenvalue weighted by Gasteiger charge is 2.28. The van der Waals surface area contributed by atoms with Gasteiger partial charge in [-0.3, -0.25) is 19.5 Å². The molecule has 0 aromatic carbocycles. The molecular weight excluding hydrogens is 460 g/mol. The van der Waals surface area contributed by atoms with Crippen molar-refractivity contribution in [2.24, 2.45) is 5.73 Å². The molecule has 1 heterocycles. The summed E-state index contributed by atoms with van der Waals surface area (Å²) in [5, 5.41) is 27.0. The number of carbonyl (C=O) groups is 1. The highest BCUT2D eigenvalue weighted by Crippen LogP contribution is 2.09. The molecular formula is C23H36N12O. The van der Waals surface area contributed by atoms with Crippen molar-refractivity contribution in [3.8, 4) is 18.2 Å². The second-order valence-electron chi connectivity index (χ2n) is 8.34. The van der Waals surface area contributed by atoms with Gasteiger partial charge in [0.15, 0.2) is 0 Å². The zero-order chi connectivity index (χ0) is 26.6. The molecule has 0 unspecified atom stereocenters. The molecule has 2 amide bonds. The minimum Gasteiger partial charge on any atom is -0.329 e. The number of nitrogens with zero attached hydrogens (tertiary/aromatic N) is 11. The van der Waals surface area contributed by atoms with E-state index in [0.717, 1.165) is 0 Å². The molecule has 0 aliphatic carbocycles. The van der Waals surface area contributed by atoms with Crippen molar-refractivity contribution in [2.45, 2.75) is 0 Å². The van der Waals surface area contributed by atoms with Crippen molar-refractivity contribution in [1.82, 2.24) is 29.4 Å². The molecule has 0 aromatic heterocycles. The van der Waals surface area contributed by atoms with Crippen LogP contribution >= 0.6 is 0 Å². The van der Waals surface area contributed by atoms with Crippen LogP contribution in [0.3, 0.4) is 0 Å². The Hall–Kier alpha value is -3.48. The third-order valence-electron chi connectivity index (χ3n) is 5.89. The van der Waals surface area contributed by atoms with Gasteiger partial charge < -0.3 is 15.5 Å². The van der Waals surface area contributed by atoms with Gasteiger partial charge in [0.2, 0.25) is 0 Å². The van der Waals surface area contributed by atoms with Crippen molar-refractivity contribution in [3.05, 3.63) is 22.8 Å². The second-order valence-corrected chi connectivity index (χ2v) is 8.34. The van der Waals surface area contributed by atoms with E-state index in [1.165, 1.54) is 0 Å². The molecule has 1 aliphatic rings. The van der Waals surface area contributed by atoms with Gasteiger partial charge in [0, 0.05) is 78.5 Å². The lowest BCUT2D eigenvalue weighted by molar-refractivity contribution is 0.166. The van der Waals surface area contributed by atoms with Crippen molar-refractivity contribution in [2.75, 3.05) is 112 Å². The van der Waals surface area contributed by atoms with Gasteiger partial charge in [0.05, 0.1) is 37.8 Å². The lowest BCUT2D eigenvalue weighted by Crippen LogP contribution is -2.44. The van der Waals surface area contributed by atoms with E-state index in [9.17, 15) is 4.79 Å². The van der Waals surface area contributed by atoms with Gasteiger partial charge in [-0.25, -0.2) is 27.7 Å². The number of urea groups is 1. The summed E-state index contributed by atoms with van der Waals surface area (Å²) >= 11 is 0. The first kappa shape index (κ1) is 30.6. The first-order chi connectivity index (χ1) is 17.5. The fourth-order valence-electron chi connectivity index (χ4n) is 3.82. The van der Waals surface area contributed by atoms with E-state index in [0.29, 0.717) is 78.5 Å². The van der Waals surface area contributed by atoms with E-state index < -0.39 is 0 Å². The average molecular weight is 497 g/mol. The maximum Gasteiger partial charge on any atom is 0.320 e. The fourth-order valence-corrected chi connectivity index (χ4v) is 3.82. The monoisotopic (exact) mass is 496 g/mol. The summed E-state index contributed by atoms with van der Waals surface area (Å²) in [4.78, 5) is 30.9. The highest BCUT2D eigenvalue weighted by atomic mass is 16.2. The van der Waals surface area contributed by atoms with Gasteiger partial charge in [-0.15, -0.1) is 0 Å². The standard InChI is InChI=1S/C23H36N12O/c1-28-21-32(9-5-26)14-13-31(12-11-30(7-3-24)8-4-25)15-17-34-19-20-35(23(34)36)18-16-33(10-6-27)22-29-2/h6-22,27H2. The second kappa shape index (κ2) is 18.8. The minimum absolute atomic E-state index is 0.0276. The van der Waals surface area contributed by atoms with Crippen LogP contribution in [0.4, 0.5) is 4.79 Å². The molecule has 0 bridgehead atoms. The fraction of sp³-hybridized carbons (Fsp3) is 0.739. The third kappa shape index (κ3) is 11.8. The van der Waals surface area contributed by atoms with Crippen molar-refractivity contribution < 1.29 is 4.79 Å². The summed E-state index contributed by atoms with van der Waals surface area (Å²) in [5.74, 6) is 0. The van der Waals surface area contributed by atoms with E-state index in [1.807, 2.05) is 9.80 Å². The normalized spacial score (nSPS) is 13.2. The van der Waals surface area contributed by atoms with Gasteiger partial charge >= 0.3 is 6.03 Å². The van der Waals surface area contributed by atoms with Crippen LogP contribution in [0, 0.1) is 47.1 Å². The lowest BCUT2D eigenvalue weighted by Gasteiger charge is -2.28. The Kier molecular flexibility index (Phi) is 16.0. The molecule has 0 radical (unpaired) electrons. The van der Waals surface area contributed by atoms with Crippen molar-refractivity contribution in [3.63, 3.8) is 0 Å². The van der Waals surface area contributed by atoms with E-state index in [2.05, 4.69) is 32.8 Å². The predicted molar refractivity (Wildman–Crippen MR) is 133 cm³/mol. The molecule has 36 heavy (non-hydrogen) atoms. The molecule has 13 heteroatoms. The van der Waals surface area contributed by atoms with Crippen LogP contribution in [0.5, 0.6) is 0 Å². The van der Waals surface area contributed by atoms with Crippen molar-refractivity contribution >= 4 is 6.03 Å². The van der Waals surface area contributed by atoms with Gasteiger partial charge in [0.1, 0.15) is 0 Å². The van der Waals surface area contributed by atoms with E-state index in [4.69, 9.17) is 34.7 Å². The Balaban J connectivity index is 2.68. The van der Waals surface area contributed by atoms with Crippen LogP contribution in [0.1, 0.15) is 0 Å². The lowest BCUT2D eigenvalue weighted by atomic mass is 10.3. The molecule has 1 saturated heterocycles. The summed E-state index contributed by atoms with van der Waals surface area (Å²) in [7, 11) is 0. The summed E-state index contributed by atoms with van der Waals surface area (Å²) in [6, 6.07) is 6.21. The number of hydrogen-bond acceptors (Lipinski definition) is 9. The highest BCUT2D eigenvalue weighted by molar-refractivity contribution is 5.76. The maximum absolute atomic E-state index is 12.9. The molecule has 0 spiro atoms. The molecule has 0 aromatic rings. The number of hydrogen-bond donors (Lipinski definition) is 1. The SMILES string of the molecule is [C-]#[N+]CN(CC#N)CCN(CCN(CC#N)CC#N)CCN1CCN(CCN(CCN)C[N+]#[C-])C1=O. The summed E-state index contributed by atoms with van der Waals surface area (Å²) in [6.45, 7) is 21.9. The number of rotatable bonds is 19. The van der Waals surface area contributed by atoms with Crippen molar-refractivity contribution in [1.29, 1.82) is 15.8 Å². The van der Waals surface area contributed by atoms with Crippen LogP contribution in [0.15, 0.2) is 0 Å². The average Bonchev–Trinajstić information content (AvgIpc) is 3.21. The van der Waals surface area contributed by atoms with Crippen LogP contribution in [-0.4, -0.2) is 147 Å². The minimum atomic E-state index is -0.0276. The number of carbonyl (C=O) groups excluding carboxylic acids is 1. The first-order valence-corrected chi connectivity index (χ1v) is 11.9. The Labute approximate surface area is 214 Å². The Morgan fingerprint density at radius 1 is 0.722 bits per heavy atom. The Bertz CT molecular complexity index is 789. The Morgan fingerprint density at radius 2 is 1.17 bits per heavy atom. The molecule has 1 fully saturated rings. The summed E-state index contributed by atoms with van der Waals surface area (Å²) in [6.07, 6.45) is 0. The largest absolute Gasteiger partial charge is 0.329 e. The number of nitrogens with two attached hydrogens (primary N) is 1. The molecule has 0 saturated carbocycles. The molecule has 1 aliphatic heterocycles. The first-order valence-electron chi connectivity index (χ1n) is 11.9. The quantitative estimate of drug-likeness (QED) is 0.180. The topological polar surface area (TPSA) is 143 Å². The zero-order valence-corrected chi connectivity index (χ0v) is 20.9. The third-order valence-corrected chi connectivity index (χ3v) is 5.89. The van der Waals surface area contributed by atoms with Crippen LogP contribution in [0.2, 0.25) is 0 Å². The molecule has 194 valence electrons. The van der Waals surface area contributed by atoms with E-state index in [-0.39, 0.29) is 39.0 Å². The van der Waals surface area contributed by atoms with Gasteiger partial charge in [-0.2, -0.15) is 15.8 Å². The molecule has 2 N–H and O–H groups in total. The van der Waals surface area contributed by atoms with Gasteiger partial charge in [-0.1, -0.05) is 0 Å². The van der Waals surface area contributed by atoms with Crippen LogP contribution in [-0.2, 0) is 0 Å². The number of amides is 2. The Morgan fingerprint density at radius 3 is 1.67 bits per heavy atom. The molecule has 1 rings (SSSR count). The van der Waals surface area contributed by atoms with Crippen LogP contribution < -0.4 is 5.73 Å². The smallest absolute Gasteiger partial charge is 0.320 e. The maximum atomic E-state index is 12.9. The van der Waals surface area contributed by atoms with Crippen LogP contribution in [0.25, 0.3) is 9.69 Å². The summed E-state index contributed by atoms with van der Waals surface area (Å²) < 4.78 is 0. The van der Waals surface area contributed by atoms with E-state index >= 15 is 0 Å². The molecule has 13 nitrogen and oxygen atoms in total. The van der Waals surface area contributed by atoms with E-state index in [1.54, 1.807) is 14.7 Å². The molecule has 0 atom stereocenters. The van der Waals surface area contributed by atoms with Gasteiger partial charge in [0.25, 0.3) is 13.3 Å². The summed E-state index contributed by atoms with van der Waals surface area (Å²) in [5.41, 5.74) is 5.61. The van der Waals surface area contributed by atoms with Gasteiger partial charge in [-0.05, 0) is 0 Å². The number of nitriles is 3. The zero-order valence-electron chi connectivity index (χ0n) is 20.9.